The lowest BCUT2D eigenvalue weighted by Crippen LogP contribution is -2.11. The van der Waals surface area contributed by atoms with Crippen LogP contribution in [0.25, 0.3) is 11.4 Å². The largest absolute Gasteiger partial charge is 0.293 e. The van der Waals surface area contributed by atoms with Crippen LogP contribution in [0.2, 0.25) is 0 Å². The quantitative estimate of drug-likeness (QED) is 0.742. The van der Waals surface area contributed by atoms with Gasteiger partial charge in [0.1, 0.15) is 0 Å². The smallest absolute Gasteiger partial charge is 0.250 e. The maximum Gasteiger partial charge on any atom is 0.250 e. The molecular formula is C16H15N3O2S. The summed E-state index contributed by atoms with van der Waals surface area (Å²) in [5.74, 6) is 0.546. The van der Waals surface area contributed by atoms with Crippen LogP contribution in [0.15, 0.2) is 65.8 Å². The Morgan fingerprint density at radius 2 is 1.50 bits per heavy atom. The van der Waals surface area contributed by atoms with Crippen molar-refractivity contribution < 1.29 is 8.42 Å². The van der Waals surface area contributed by atoms with Crippen molar-refractivity contribution in [3.05, 3.63) is 66.2 Å². The summed E-state index contributed by atoms with van der Waals surface area (Å²) >= 11 is 0. The second-order valence-electron chi connectivity index (χ2n) is 5.02. The first-order chi connectivity index (χ1) is 10.6. The van der Waals surface area contributed by atoms with Gasteiger partial charge in [0.05, 0.1) is 6.54 Å². The molecule has 0 spiro atoms. The molecule has 0 N–H and O–H groups in total. The van der Waals surface area contributed by atoms with E-state index in [-0.39, 0.29) is 5.16 Å². The van der Waals surface area contributed by atoms with Gasteiger partial charge in [0.2, 0.25) is 15.0 Å². The number of hydrogen-bond acceptors (Lipinski definition) is 4. The lowest BCUT2D eigenvalue weighted by molar-refractivity contribution is 0.578. The molecule has 0 aliphatic heterocycles. The van der Waals surface area contributed by atoms with E-state index in [1.165, 1.54) is 0 Å². The van der Waals surface area contributed by atoms with E-state index in [1.807, 2.05) is 60.7 Å². The van der Waals surface area contributed by atoms with Gasteiger partial charge in [-0.1, -0.05) is 60.7 Å². The molecule has 0 saturated carbocycles. The monoisotopic (exact) mass is 313 g/mol. The van der Waals surface area contributed by atoms with Crippen molar-refractivity contribution in [1.82, 2.24) is 14.8 Å². The Morgan fingerprint density at radius 3 is 2.09 bits per heavy atom. The van der Waals surface area contributed by atoms with Crippen LogP contribution in [0, 0.1) is 0 Å². The molecule has 0 amide bonds. The van der Waals surface area contributed by atoms with E-state index in [9.17, 15) is 8.42 Å². The minimum atomic E-state index is -3.45. The summed E-state index contributed by atoms with van der Waals surface area (Å²) in [4.78, 5) is 0. The third-order valence-corrected chi connectivity index (χ3v) is 4.23. The first kappa shape index (κ1) is 14.5. The highest BCUT2D eigenvalue weighted by Gasteiger charge is 2.21. The lowest BCUT2D eigenvalue weighted by Gasteiger charge is -2.09. The van der Waals surface area contributed by atoms with Crippen LogP contribution in [0.5, 0.6) is 0 Å². The van der Waals surface area contributed by atoms with E-state index < -0.39 is 9.84 Å². The number of benzene rings is 2. The highest BCUT2D eigenvalue weighted by molar-refractivity contribution is 7.90. The molecule has 22 heavy (non-hydrogen) atoms. The lowest BCUT2D eigenvalue weighted by atomic mass is 10.2. The molecule has 112 valence electrons. The van der Waals surface area contributed by atoms with E-state index in [0.717, 1.165) is 17.4 Å². The standard InChI is InChI=1S/C16H15N3O2S/c1-22(20,21)16-18-17-15(14-10-6-3-7-11-14)19(16)12-13-8-4-2-5-9-13/h2-11H,12H2,1H3. The van der Waals surface area contributed by atoms with Gasteiger partial charge < -0.3 is 0 Å². The zero-order chi connectivity index (χ0) is 15.6. The van der Waals surface area contributed by atoms with E-state index in [2.05, 4.69) is 10.2 Å². The predicted molar refractivity (Wildman–Crippen MR) is 84.1 cm³/mol. The number of sulfone groups is 1. The van der Waals surface area contributed by atoms with Crippen molar-refractivity contribution in [3.63, 3.8) is 0 Å². The Morgan fingerprint density at radius 1 is 0.909 bits per heavy atom. The molecule has 0 saturated heterocycles. The molecule has 0 aliphatic rings. The van der Waals surface area contributed by atoms with Crippen LogP contribution >= 0.6 is 0 Å². The Labute approximate surface area is 129 Å². The molecule has 0 fully saturated rings. The summed E-state index contributed by atoms with van der Waals surface area (Å²) in [6.07, 6.45) is 1.15. The van der Waals surface area contributed by atoms with E-state index >= 15 is 0 Å². The molecule has 1 aromatic heterocycles. The summed E-state index contributed by atoms with van der Waals surface area (Å²) in [6, 6.07) is 19.1. The molecule has 0 unspecified atom stereocenters. The molecule has 6 heteroatoms. The third-order valence-electron chi connectivity index (χ3n) is 3.26. The van der Waals surface area contributed by atoms with Crippen molar-refractivity contribution >= 4 is 9.84 Å². The molecule has 2 aromatic carbocycles. The molecule has 0 radical (unpaired) electrons. The number of rotatable bonds is 4. The maximum absolute atomic E-state index is 12.0. The molecule has 0 aliphatic carbocycles. The van der Waals surface area contributed by atoms with Crippen LogP contribution in [-0.2, 0) is 16.4 Å². The van der Waals surface area contributed by atoms with E-state index in [0.29, 0.717) is 12.4 Å². The van der Waals surface area contributed by atoms with Gasteiger partial charge in [0.15, 0.2) is 5.82 Å². The minimum absolute atomic E-state index is 0.0183. The van der Waals surface area contributed by atoms with Gasteiger partial charge in [0.25, 0.3) is 0 Å². The Hall–Kier alpha value is -2.47. The van der Waals surface area contributed by atoms with Crippen molar-refractivity contribution in [1.29, 1.82) is 0 Å². The molecule has 0 atom stereocenters. The molecule has 3 aromatic rings. The van der Waals surface area contributed by atoms with Crippen molar-refractivity contribution in [3.8, 4) is 11.4 Å². The fourth-order valence-corrected chi connectivity index (χ4v) is 3.01. The minimum Gasteiger partial charge on any atom is -0.293 e. The van der Waals surface area contributed by atoms with Gasteiger partial charge in [0, 0.05) is 11.8 Å². The highest BCUT2D eigenvalue weighted by atomic mass is 32.2. The number of aromatic nitrogens is 3. The van der Waals surface area contributed by atoms with Gasteiger partial charge in [-0.05, 0) is 5.56 Å². The summed E-state index contributed by atoms with van der Waals surface area (Å²) in [7, 11) is -3.45. The van der Waals surface area contributed by atoms with Crippen molar-refractivity contribution in [2.24, 2.45) is 0 Å². The summed E-state index contributed by atoms with van der Waals surface area (Å²) in [6.45, 7) is 0.403. The Kier molecular flexibility index (Phi) is 3.77. The normalized spacial score (nSPS) is 11.5. The second-order valence-corrected chi connectivity index (χ2v) is 6.93. The third kappa shape index (κ3) is 2.92. The van der Waals surface area contributed by atoms with Crippen LogP contribution in [-0.4, -0.2) is 29.4 Å². The van der Waals surface area contributed by atoms with E-state index in [1.54, 1.807) is 4.57 Å². The van der Waals surface area contributed by atoms with Gasteiger partial charge in [-0.2, -0.15) is 0 Å². The molecule has 5 nitrogen and oxygen atoms in total. The first-order valence-electron chi connectivity index (χ1n) is 6.78. The fourth-order valence-electron chi connectivity index (χ4n) is 2.27. The predicted octanol–water partition coefficient (Wildman–Crippen LogP) is 2.40. The number of nitrogens with zero attached hydrogens (tertiary/aromatic N) is 3. The first-order valence-corrected chi connectivity index (χ1v) is 8.67. The average Bonchev–Trinajstić information content (AvgIpc) is 2.93. The topological polar surface area (TPSA) is 64.8 Å². The second kappa shape index (κ2) is 5.73. The van der Waals surface area contributed by atoms with E-state index in [4.69, 9.17) is 0 Å². The van der Waals surface area contributed by atoms with Crippen LogP contribution in [0.4, 0.5) is 0 Å². The van der Waals surface area contributed by atoms with Crippen LogP contribution in [0.3, 0.4) is 0 Å². The average molecular weight is 313 g/mol. The highest BCUT2D eigenvalue weighted by Crippen LogP contribution is 2.21. The maximum atomic E-state index is 12.0. The summed E-state index contributed by atoms with van der Waals surface area (Å²) in [5, 5.41) is 7.95. The summed E-state index contributed by atoms with van der Waals surface area (Å²) in [5.41, 5.74) is 1.82. The SMILES string of the molecule is CS(=O)(=O)c1nnc(-c2ccccc2)n1Cc1ccccc1. The fraction of sp³-hybridized carbons (Fsp3) is 0.125. The zero-order valence-electron chi connectivity index (χ0n) is 12.0. The van der Waals surface area contributed by atoms with Gasteiger partial charge in [-0.25, -0.2) is 8.42 Å². The Bertz CT molecular complexity index is 872. The van der Waals surface area contributed by atoms with Crippen LogP contribution < -0.4 is 0 Å². The molecule has 3 rings (SSSR count). The summed E-state index contributed by atoms with van der Waals surface area (Å²) < 4.78 is 25.6. The van der Waals surface area contributed by atoms with Crippen LogP contribution in [0.1, 0.15) is 5.56 Å². The molecule has 0 bridgehead atoms. The Balaban J connectivity index is 2.14. The van der Waals surface area contributed by atoms with Crippen molar-refractivity contribution in [2.45, 2.75) is 11.7 Å². The number of hydrogen-bond donors (Lipinski definition) is 0. The molecule has 1 heterocycles. The van der Waals surface area contributed by atoms with Crippen molar-refractivity contribution in [2.75, 3.05) is 6.26 Å². The van der Waals surface area contributed by atoms with Gasteiger partial charge in [-0.3, -0.25) is 4.57 Å². The zero-order valence-corrected chi connectivity index (χ0v) is 12.9. The van der Waals surface area contributed by atoms with Gasteiger partial charge >= 0.3 is 0 Å². The molecular weight excluding hydrogens is 298 g/mol. The van der Waals surface area contributed by atoms with Gasteiger partial charge in [-0.15, -0.1) is 10.2 Å².